The minimum absolute atomic E-state index is 0.0363. The topological polar surface area (TPSA) is 62.8 Å². The highest BCUT2D eigenvalue weighted by atomic mass is 35.5. The van der Waals surface area contributed by atoms with Gasteiger partial charge >= 0.3 is 0 Å². The van der Waals surface area contributed by atoms with Gasteiger partial charge in [0.2, 0.25) is 0 Å². The number of aromatic nitrogens is 2. The molecule has 108 valence electrons. The Hall–Kier alpha value is -1.92. The van der Waals surface area contributed by atoms with Crippen LogP contribution in [0.1, 0.15) is 0 Å². The van der Waals surface area contributed by atoms with Crippen LogP contribution < -0.4 is 0 Å². The van der Waals surface area contributed by atoms with E-state index in [-0.39, 0.29) is 9.92 Å². The molecule has 0 radical (unpaired) electrons. The van der Waals surface area contributed by atoms with E-state index >= 15 is 0 Å². The van der Waals surface area contributed by atoms with Crippen molar-refractivity contribution in [3.05, 3.63) is 47.2 Å². The van der Waals surface area contributed by atoms with Gasteiger partial charge in [-0.3, -0.25) is 0 Å². The van der Waals surface area contributed by atoms with Crippen molar-refractivity contribution in [2.45, 2.75) is 4.90 Å². The molecule has 1 aromatic heterocycles. The molecule has 1 heterocycles. The van der Waals surface area contributed by atoms with E-state index in [1.165, 1.54) is 24.3 Å². The van der Waals surface area contributed by atoms with Gasteiger partial charge in [-0.05, 0) is 36.4 Å². The van der Waals surface area contributed by atoms with E-state index in [0.717, 1.165) is 6.26 Å². The lowest BCUT2D eigenvalue weighted by Gasteiger charge is -1.98. The number of hydrogen-bond acceptors (Lipinski definition) is 3. The number of nitrogens with one attached hydrogen (secondary N) is 1. The van der Waals surface area contributed by atoms with Crippen molar-refractivity contribution in [3.63, 3.8) is 0 Å². The van der Waals surface area contributed by atoms with E-state index in [4.69, 9.17) is 11.6 Å². The van der Waals surface area contributed by atoms with Crippen molar-refractivity contribution in [1.29, 1.82) is 0 Å². The summed E-state index contributed by atoms with van der Waals surface area (Å²) in [5.74, 6) is -0.0855. The standard InChI is InChI=1S/C14H10ClFN2O2S/c1-21(19,20)9-3-5-12-13(7-9)18-14(17-12)8-2-4-10(15)11(16)6-8/h2-7H,1H3,(H,17,18). The number of aromatic amines is 1. The Balaban J connectivity index is 2.14. The average Bonchev–Trinajstić information content (AvgIpc) is 2.83. The number of nitrogens with zero attached hydrogens (tertiary/aromatic N) is 1. The lowest BCUT2D eigenvalue weighted by atomic mass is 10.2. The first-order valence-electron chi connectivity index (χ1n) is 6.00. The van der Waals surface area contributed by atoms with E-state index in [9.17, 15) is 12.8 Å². The molecule has 0 atom stereocenters. The number of fused-ring (bicyclic) bond motifs is 1. The van der Waals surface area contributed by atoms with E-state index in [0.29, 0.717) is 22.4 Å². The molecule has 0 aliphatic carbocycles. The third-order valence-corrected chi connectivity index (χ3v) is 4.49. The molecule has 0 saturated carbocycles. The zero-order valence-electron chi connectivity index (χ0n) is 10.9. The van der Waals surface area contributed by atoms with E-state index in [1.807, 2.05) is 0 Å². The molecule has 0 bridgehead atoms. The normalized spacial score (nSPS) is 12.0. The molecule has 0 amide bonds. The van der Waals surface area contributed by atoms with Crippen molar-refractivity contribution in [3.8, 4) is 11.4 Å². The number of sulfone groups is 1. The zero-order valence-corrected chi connectivity index (χ0v) is 12.5. The van der Waals surface area contributed by atoms with Crippen molar-refractivity contribution < 1.29 is 12.8 Å². The summed E-state index contributed by atoms with van der Waals surface area (Å²) in [6.07, 6.45) is 1.14. The quantitative estimate of drug-likeness (QED) is 0.785. The van der Waals surface area contributed by atoms with Crippen LogP contribution in [0.25, 0.3) is 22.4 Å². The van der Waals surface area contributed by atoms with Gasteiger partial charge in [-0.25, -0.2) is 17.8 Å². The summed E-state index contributed by atoms with van der Waals surface area (Å²) in [4.78, 5) is 7.50. The first-order valence-corrected chi connectivity index (χ1v) is 8.27. The van der Waals surface area contributed by atoms with E-state index < -0.39 is 15.7 Å². The highest BCUT2D eigenvalue weighted by Gasteiger charge is 2.12. The average molecular weight is 325 g/mol. The molecule has 0 aliphatic heterocycles. The lowest BCUT2D eigenvalue weighted by Crippen LogP contribution is -1.96. The smallest absolute Gasteiger partial charge is 0.175 e. The zero-order chi connectivity index (χ0) is 15.2. The summed E-state index contributed by atoms with van der Waals surface area (Å²) in [5.41, 5.74) is 1.71. The highest BCUT2D eigenvalue weighted by Crippen LogP contribution is 2.25. The lowest BCUT2D eigenvalue weighted by molar-refractivity contribution is 0.602. The van der Waals surface area contributed by atoms with Crippen LogP contribution >= 0.6 is 11.6 Å². The van der Waals surface area contributed by atoms with Crippen LogP contribution in [0.2, 0.25) is 5.02 Å². The number of halogens is 2. The SMILES string of the molecule is CS(=O)(=O)c1ccc2nc(-c3ccc(Cl)c(F)c3)[nH]c2c1. The molecule has 2 aromatic carbocycles. The van der Waals surface area contributed by atoms with Gasteiger partial charge in [-0.2, -0.15) is 0 Å². The Morgan fingerprint density at radius 2 is 1.95 bits per heavy atom. The molecule has 21 heavy (non-hydrogen) atoms. The molecule has 7 heteroatoms. The number of imidazole rings is 1. The molecule has 0 unspecified atom stereocenters. The fourth-order valence-corrected chi connectivity index (χ4v) is 2.76. The summed E-state index contributed by atoms with van der Waals surface area (Å²) in [7, 11) is -3.29. The van der Waals surface area contributed by atoms with Gasteiger partial charge < -0.3 is 4.98 Å². The summed E-state index contributed by atoms with van der Waals surface area (Å²) < 4.78 is 36.6. The molecule has 0 aliphatic rings. The van der Waals surface area contributed by atoms with Gasteiger partial charge in [-0.1, -0.05) is 11.6 Å². The highest BCUT2D eigenvalue weighted by molar-refractivity contribution is 7.90. The van der Waals surface area contributed by atoms with Crippen LogP contribution in [-0.4, -0.2) is 24.6 Å². The molecule has 1 N–H and O–H groups in total. The number of hydrogen-bond donors (Lipinski definition) is 1. The fraction of sp³-hybridized carbons (Fsp3) is 0.0714. The monoisotopic (exact) mass is 324 g/mol. The summed E-state index contributed by atoms with van der Waals surface area (Å²) >= 11 is 5.65. The van der Waals surface area contributed by atoms with Gasteiger partial charge in [-0.15, -0.1) is 0 Å². The largest absolute Gasteiger partial charge is 0.338 e. The van der Waals surface area contributed by atoms with Crippen LogP contribution in [0.4, 0.5) is 4.39 Å². The Labute approximate surface area is 125 Å². The Bertz CT molecular complexity index is 951. The van der Waals surface area contributed by atoms with Crippen LogP contribution in [-0.2, 0) is 9.84 Å². The van der Waals surface area contributed by atoms with Gasteiger partial charge in [0.25, 0.3) is 0 Å². The summed E-state index contributed by atoms with van der Waals surface area (Å²) in [6.45, 7) is 0. The maximum Gasteiger partial charge on any atom is 0.175 e. The Morgan fingerprint density at radius 1 is 1.19 bits per heavy atom. The number of rotatable bonds is 2. The molecular formula is C14H10ClFN2O2S. The maximum absolute atomic E-state index is 13.5. The van der Waals surface area contributed by atoms with Crippen LogP contribution in [0.15, 0.2) is 41.3 Å². The minimum Gasteiger partial charge on any atom is -0.338 e. The molecule has 4 nitrogen and oxygen atoms in total. The molecular weight excluding hydrogens is 315 g/mol. The maximum atomic E-state index is 13.5. The van der Waals surface area contributed by atoms with E-state index in [2.05, 4.69) is 9.97 Å². The minimum atomic E-state index is -3.29. The van der Waals surface area contributed by atoms with Crippen LogP contribution in [0, 0.1) is 5.82 Å². The van der Waals surface area contributed by atoms with Gasteiger partial charge in [0.05, 0.1) is 21.0 Å². The third kappa shape index (κ3) is 2.64. The van der Waals surface area contributed by atoms with Crippen LogP contribution in [0.3, 0.4) is 0 Å². The molecule has 0 fully saturated rings. The van der Waals surface area contributed by atoms with Crippen LogP contribution in [0.5, 0.6) is 0 Å². The summed E-state index contributed by atoms with van der Waals surface area (Å²) in [6, 6.07) is 8.97. The van der Waals surface area contributed by atoms with Gasteiger partial charge in [0.15, 0.2) is 9.84 Å². The fourth-order valence-electron chi connectivity index (χ4n) is 2.00. The second-order valence-corrected chi connectivity index (χ2v) is 7.09. The summed E-state index contributed by atoms with van der Waals surface area (Å²) in [5, 5.41) is 0.0363. The van der Waals surface area contributed by atoms with E-state index in [1.54, 1.807) is 12.1 Å². The second kappa shape index (κ2) is 4.82. The first kappa shape index (κ1) is 14.0. The third-order valence-electron chi connectivity index (χ3n) is 3.07. The Morgan fingerprint density at radius 3 is 2.62 bits per heavy atom. The number of benzene rings is 2. The first-order chi connectivity index (χ1) is 9.84. The van der Waals surface area contributed by atoms with Gasteiger partial charge in [0, 0.05) is 11.8 Å². The molecule has 3 rings (SSSR count). The van der Waals surface area contributed by atoms with Crippen molar-refractivity contribution in [2.24, 2.45) is 0 Å². The van der Waals surface area contributed by atoms with Gasteiger partial charge in [0.1, 0.15) is 11.6 Å². The van der Waals surface area contributed by atoms with Crippen molar-refractivity contribution >= 4 is 32.5 Å². The molecule has 3 aromatic rings. The number of H-pyrrole nitrogens is 1. The molecule has 0 saturated heterocycles. The van der Waals surface area contributed by atoms with Crippen molar-refractivity contribution in [1.82, 2.24) is 9.97 Å². The Kier molecular flexibility index (Phi) is 3.22. The second-order valence-electron chi connectivity index (χ2n) is 4.67. The predicted molar refractivity (Wildman–Crippen MR) is 79.6 cm³/mol. The van der Waals surface area contributed by atoms with Crippen molar-refractivity contribution in [2.75, 3.05) is 6.26 Å². The predicted octanol–water partition coefficient (Wildman–Crippen LogP) is 3.43. The molecule has 0 spiro atoms.